The minimum absolute atomic E-state index is 0.763. The van der Waals surface area contributed by atoms with Crippen molar-refractivity contribution in [2.45, 2.75) is 0 Å². The smallest absolute Gasteiger partial charge is 0.143 e. The van der Waals surface area contributed by atoms with Crippen LogP contribution in [0.5, 0.6) is 17.2 Å². The van der Waals surface area contributed by atoms with Crippen molar-refractivity contribution in [3.63, 3.8) is 0 Å². The maximum absolute atomic E-state index is 6.26. The predicted molar refractivity (Wildman–Crippen MR) is 107 cm³/mol. The number of furan rings is 1. The Morgan fingerprint density at radius 2 is 1.11 bits per heavy atom. The molecular formula is C23H20O4. The predicted octanol–water partition coefficient (Wildman–Crippen LogP) is 5.79. The highest BCUT2D eigenvalue weighted by atomic mass is 16.5. The molecule has 0 aliphatic carbocycles. The first-order valence-corrected chi connectivity index (χ1v) is 8.63. The second-order valence-electron chi connectivity index (χ2n) is 6.13. The Hall–Kier alpha value is -3.40. The molecule has 0 saturated carbocycles. The second kappa shape index (κ2) is 7.08. The lowest BCUT2D eigenvalue weighted by Crippen LogP contribution is -1.85. The lowest BCUT2D eigenvalue weighted by molar-refractivity contribution is 0.414. The normalized spacial score (nSPS) is 10.8. The molecule has 4 rings (SSSR count). The Balaban J connectivity index is 1.94. The first-order valence-electron chi connectivity index (χ1n) is 8.63. The quantitative estimate of drug-likeness (QED) is 0.451. The highest BCUT2D eigenvalue weighted by molar-refractivity contribution is 6.02. The Morgan fingerprint density at radius 3 is 1.67 bits per heavy atom. The van der Waals surface area contributed by atoms with E-state index < -0.39 is 0 Å². The lowest BCUT2D eigenvalue weighted by Gasteiger charge is -2.06. The van der Waals surface area contributed by atoms with Crippen LogP contribution in [0.3, 0.4) is 0 Å². The van der Waals surface area contributed by atoms with Gasteiger partial charge in [0.15, 0.2) is 0 Å². The summed E-state index contributed by atoms with van der Waals surface area (Å²) in [4.78, 5) is 0. The number of hydrogen-bond acceptors (Lipinski definition) is 4. The molecule has 0 spiro atoms. The van der Waals surface area contributed by atoms with E-state index in [1.807, 2.05) is 66.7 Å². The van der Waals surface area contributed by atoms with Gasteiger partial charge in [0, 0.05) is 22.6 Å². The molecule has 1 aromatic heterocycles. The van der Waals surface area contributed by atoms with Gasteiger partial charge >= 0.3 is 0 Å². The maximum atomic E-state index is 6.26. The fourth-order valence-electron chi connectivity index (χ4n) is 3.19. The molecule has 0 fully saturated rings. The molecule has 0 aliphatic rings. The van der Waals surface area contributed by atoms with Gasteiger partial charge in [-0.3, -0.25) is 0 Å². The maximum Gasteiger partial charge on any atom is 0.143 e. The minimum Gasteiger partial charge on any atom is -0.497 e. The fraction of sp³-hybridized carbons (Fsp3) is 0.130. The van der Waals surface area contributed by atoms with Crippen LogP contribution in [0.15, 0.2) is 71.1 Å². The van der Waals surface area contributed by atoms with Crippen LogP contribution in [-0.4, -0.2) is 21.3 Å². The lowest BCUT2D eigenvalue weighted by atomic mass is 9.98. The van der Waals surface area contributed by atoms with Crippen LogP contribution in [0, 0.1) is 0 Å². The fourth-order valence-corrected chi connectivity index (χ4v) is 3.19. The minimum atomic E-state index is 0.763. The topological polar surface area (TPSA) is 40.8 Å². The number of ether oxygens (including phenoxy) is 3. The molecule has 0 saturated heterocycles. The van der Waals surface area contributed by atoms with Gasteiger partial charge < -0.3 is 18.6 Å². The van der Waals surface area contributed by atoms with Crippen LogP contribution in [0.1, 0.15) is 0 Å². The Morgan fingerprint density at radius 1 is 0.593 bits per heavy atom. The molecule has 3 aromatic carbocycles. The molecule has 4 aromatic rings. The van der Waals surface area contributed by atoms with Gasteiger partial charge in [-0.1, -0.05) is 12.1 Å². The summed E-state index contributed by atoms with van der Waals surface area (Å²) in [6.45, 7) is 0. The average molecular weight is 360 g/mol. The van der Waals surface area contributed by atoms with E-state index in [0.29, 0.717) is 0 Å². The van der Waals surface area contributed by atoms with E-state index in [0.717, 1.165) is 50.7 Å². The zero-order chi connectivity index (χ0) is 18.8. The average Bonchev–Trinajstić information content (AvgIpc) is 3.12. The van der Waals surface area contributed by atoms with Gasteiger partial charge in [-0.25, -0.2) is 0 Å². The highest BCUT2D eigenvalue weighted by Crippen LogP contribution is 2.42. The van der Waals surface area contributed by atoms with E-state index in [9.17, 15) is 0 Å². The third kappa shape index (κ3) is 3.10. The van der Waals surface area contributed by atoms with Gasteiger partial charge in [0.1, 0.15) is 28.6 Å². The van der Waals surface area contributed by atoms with Crippen molar-refractivity contribution in [2.24, 2.45) is 0 Å². The van der Waals surface area contributed by atoms with Crippen molar-refractivity contribution >= 4 is 11.0 Å². The molecule has 136 valence electrons. The molecule has 0 atom stereocenters. The van der Waals surface area contributed by atoms with Gasteiger partial charge in [0.25, 0.3) is 0 Å². The Labute approximate surface area is 157 Å². The molecule has 0 amide bonds. The SMILES string of the molecule is COc1ccc(-c2oc3cc(OC)ccc3c2-c2ccc(OC)cc2)cc1. The summed E-state index contributed by atoms with van der Waals surface area (Å²) in [5.41, 5.74) is 3.87. The van der Waals surface area contributed by atoms with Crippen LogP contribution in [-0.2, 0) is 0 Å². The van der Waals surface area contributed by atoms with Crippen LogP contribution in [0.25, 0.3) is 33.4 Å². The van der Waals surface area contributed by atoms with Crippen molar-refractivity contribution in [1.29, 1.82) is 0 Å². The molecule has 0 bridgehead atoms. The number of rotatable bonds is 5. The number of benzene rings is 3. The third-order valence-electron chi connectivity index (χ3n) is 4.63. The van der Waals surface area contributed by atoms with Gasteiger partial charge in [-0.15, -0.1) is 0 Å². The van der Waals surface area contributed by atoms with Crippen LogP contribution in [0.2, 0.25) is 0 Å². The van der Waals surface area contributed by atoms with E-state index in [-0.39, 0.29) is 0 Å². The van der Waals surface area contributed by atoms with Crippen molar-refractivity contribution < 1.29 is 18.6 Å². The third-order valence-corrected chi connectivity index (χ3v) is 4.63. The van der Waals surface area contributed by atoms with Crippen molar-refractivity contribution in [3.05, 3.63) is 66.7 Å². The summed E-state index contributed by atoms with van der Waals surface area (Å²) < 4.78 is 22.2. The molecule has 0 N–H and O–H groups in total. The first-order chi connectivity index (χ1) is 13.2. The molecule has 1 heterocycles. The number of hydrogen-bond donors (Lipinski definition) is 0. The molecule has 27 heavy (non-hydrogen) atoms. The second-order valence-corrected chi connectivity index (χ2v) is 6.13. The van der Waals surface area contributed by atoms with Gasteiger partial charge in [-0.05, 0) is 54.1 Å². The molecular weight excluding hydrogens is 340 g/mol. The van der Waals surface area contributed by atoms with Gasteiger partial charge in [0.05, 0.1) is 21.3 Å². The van der Waals surface area contributed by atoms with Gasteiger partial charge in [-0.2, -0.15) is 0 Å². The zero-order valence-corrected chi connectivity index (χ0v) is 15.5. The molecule has 4 heteroatoms. The summed E-state index contributed by atoms with van der Waals surface area (Å²) in [6.07, 6.45) is 0. The largest absolute Gasteiger partial charge is 0.497 e. The van der Waals surface area contributed by atoms with E-state index in [2.05, 4.69) is 0 Å². The van der Waals surface area contributed by atoms with Crippen LogP contribution < -0.4 is 14.2 Å². The van der Waals surface area contributed by atoms with E-state index >= 15 is 0 Å². The molecule has 0 aliphatic heterocycles. The summed E-state index contributed by atoms with van der Waals surface area (Å²) in [7, 11) is 4.97. The first kappa shape index (κ1) is 17.0. The summed E-state index contributed by atoms with van der Waals surface area (Å²) in [5.74, 6) is 3.20. The standard InChI is InChI=1S/C23H20O4/c1-24-17-8-4-15(5-9-17)22-20-13-12-19(26-3)14-21(20)27-23(22)16-6-10-18(25-2)11-7-16/h4-14H,1-3H3. The van der Waals surface area contributed by atoms with Crippen LogP contribution >= 0.6 is 0 Å². The molecule has 0 unspecified atom stereocenters. The zero-order valence-electron chi connectivity index (χ0n) is 15.5. The summed E-state index contributed by atoms with van der Waals surface area (Å²) >= 11 is 0. The monoisotopic (exact) mass is 360 g/mol. The Bertz CT molecular complexity index is 1060. The molecule has 4 nitrogen and oxygen atoms in total. The van der Waals surface area contributed by atoms with Crippen molar-refractivity contribution in [3.8, 4) is 39.7 Å². The molecule has 0 radical (unpaired) electrons. The summed E-state index contributed by atoms with van der Waals surface area (Å²) in [6, 6.07) is 21.7. The van der Waals surface area contributed by atoms with E-state index in [4.69, 9.17) is 18.6 Å². The highest BCUT2D eigenvalue weighted by Gasteiger charge is 2.18. The van der Waals surface area contributed by atoms with E-state index in [1.54, 1.807) is 21.3 Å². The number of fused-ring (bicyclic) bond motifs is 1. The van der Waals surface area contributed by atoms with Crippen molar-refractivity contribution in [2.75, 3.05) is 21.3 Å². The van der Waals surface area contributed by atoms with Gasteiger partial charge in [0.2, 0.25) is 0 Å². The van der Waals surface area contributed by atoms with E-state index in [1.165, 1.54) is 0 Å². The Kier molecular flexibility index (Phi) is 4.47. The number of methoxy groups -OCH3 is 3. The summed E-state index contributed by atoms with van der Waals surface area (Å²) in [5, 5.41) is 1.03. The van der Waals surface area contributed by atoms with Crippen molar-refractivity contribution in [1.82, 2.24) is 0 Å². The van der Waals surface area contributed by atoms with Crippen LogP contribution in [0.4, 0.5) is 0 Å².